The summed E-state index contributed by atoms with van der Waals surface area (Å²) in [6.07, 6.45) is 8.10. The second-order valence-corrected chi connectivity index (χ2v) is 9.28. The molecule has 1 unspecified atom stereocenters. The van der Waals surface area contributed by atoms with E-state index in [1.54, 1.807) is 35.9 Å². The molecule has 4 rings (SSSR count). The molecule has 2 fully saturated rings. The van der Waals surface area contributed by atoms with Gasteiger partial charge in [0.25, 0.3) is 5.91 Å². The number of carbonyl (C=O) groups excluding carboxylic acids is 3. The minimum atomic E-state index is -1.14. The summed E-state index contributed by atoms with van der Waals surface area (Å²) in [5.41, 5.74) is -0.440. The van der Waals surface area contributed by atoms with Gasteiger partial charge in [-0.05, 0) is 49.1 Å². The molecule has 32 heavy (non-hydrogen) atoms. The molecule has 1 atom stereocenters. The summed E-state index contributed by atoms with van der Waals surface area (Å²) >= 11 is 1.62. The second-order valence-electron chi connectivity index (χ2n) is 8.25. The lowest BCUT2D eigenvalue weighted by atomic mass is 9.73. The van der Waals surface area contributed by atoms with Crippen molar-refractivity contribution in [3.63, 3.8) is 0 Å². The van der Waals surface area contributed by atoms with Gasteiger partial charge in [0.2, 0.25) is 5.91 Å². The summed E-state index contributed by atoms with van der Waals surface area (Å²) in [7, 11) is 0. The third kappa shape index (κ3) is 4.19. The van der Waals surface area contributed by atoms with Crippen molar-refractivity contribution in [3.05, 3.63) is 65.1 Å². The molecule has 1 N–H and O–H groups in total. The van der Waals surface area contributed by atoms with Crippen LogP contribution in [0.4, 0.5) is 4.79 Å². The molecule has 2 aliphatic rings. The number of hydrogen-bond acceptors (Lipinski definition) is 5. The third-order valence-corrected chi connectivity index (χ3v) is 7.37. The molecule has 2 aromatic rings. The number of piperidine rings is 1. The Hall–Kier alpha value is -3.00. The van der Waals surface area contributed by atoms with Gasteiger partial charge >= 0.3 is 6.03 Å². The highest BCUT2D eigenvalue weighted by Crippen LogP contribution is 2.41. The van der Waals surface area contributed by atoms with Gasteiger partial charge in [0.15, 0.2) is 5.54 Å². The fourth-order valence-electron chi connectivity index (χ4n) is 4.72. The Kier molecular flexibility index (Phi) is 6.69. The van der Waals surface area contributed by atoms with Crippen LogP contribution < -0.4 is 5.32 Å². The van der Waals surface area contributed by atoms with Crippen molar-refractivity contribution in [1.29, 1.82) is 0 Å². The van der Waals surface area contributed by atoms with Gasteiger partial charge in [0, 0.05) is 48.9 Å². The van der Waals surface area contributed by atoms with E-state index >= 15 is 0 Å². The second kappa shape index (κ2) is 9.65. The monoisotopic (exact) mass is 452 g/mol. The van der Waals surface area contributed by atoms with E-state index in [0.717, 1.165) is 4.88 Å². The van der Waals surface area contributed by atoms with E-state index < -0.39 is 5.54 Å². The van der Waals surface area contributed by atoms with Gasteiger partial charge in [-0.15, -0.1) is 17.9 Å². The van der Waals surface area contributed by atoms with Gasteiger partial charge in [-0.1, -0.05) is 18.2 Å². The minimum Gasteiger partial charge on any atom is -0.343 e. The van der Waals surface area contributed by atoms with Gasteiger partial charge in [0.1, 0.15) is 0 Å². The third-order valence-electron chi connectivity index (χ3n) is 6.43. The van der Waals surface area contributed by atoms with Gasteiger partial charge in [-0.2, -0.15) is 0 Å². The lowest BCUT2D eigenvalue weighted by Gasteiger charge is -2.41. The standard InChI is InChI=1S/C24H28N4O3S/c1-2-3-8-21(29)27-13-9-18(10-14-27)24(19-6-4-12-25-17-19)22(30)28(23(31)26-24)15-11-20-7-5-16-32-20/h2,4-7,12,16-18H,1,3,8-11,13-15H2,(H,26,31). The van der Waals surface area contributed by atoms with Crippen LogP contribution in [0.3, 0.4) is 0 Å². The Morgan fingerprint density at radius 3 is 2.75 bits per heavy atom. The highest BCUT2D eigenvalue weighted by molar-refractivity contribution is 7.09. The number of hydrogen-bond donors (Lipinski definition) is 1. The maximum Gasteiger partial charge on any atom is 0.325 e. The average molecular weight is 453 g/mol. The molecule has 0 spiro atoms. The zero-order chi connectivity index (χ0) is 22.6. The normalized spacial score (nSPS) is 21.6. The number of imide groups is 1. The maximum absolute atomic E-state index is 13.8. The summed E-state index contributed by atoms with van der Waals surface area (Å²) < 4.78 is 0. The number of allylic oxidation sites excluding steroid dienone is 1. The number of rotatable bonds is 8. The van der Waals surface area contributed by atoms with Crippen LogP contribution in [0.5, 0.6) is 0 Å². The molecule has 0 bridgehead atoms. The Morgan fingerprint density at radius 2 is 2.09 bits per heavy atom. The van der Waals surface area contributed by atoms with E-state index in [0.29, 0.717) is 57.3 Å². The molecule has 2 aliphatic heterocycles. The van der Waals surface area contributed by atoms with Crippen LogP contribution >= 0.6 is 11.3 Å². The van der Waals surface area contributed by atoms with Gasteiger partial charge in [-0.25, -0.2) is 4.79 Å². The molecule has 168 valence electrons. The molecule has 2 saturated heterocycles. The fraction of sp³-hybridized carbons (Fsp3) is 0.417. The fourth-order valence-corrected chi connectivity index (χ4v) is 5.42. The van der Waals surface area contributed by atoms with Crippen LogP contribution in [-0.4, -0.2) is 52.3 Å². The molecular weight excluding hydrogens is 424 g/mol. The molecule has 0 aliphatic carbocycles. The largest absolute Gasteiger partial charge is 0.343 e. The SMILES string of the molecule is C=CCCC(=O)N1CCC(C2(c3cccnc3)NC(=O)N(CCc3cccs3)C2=O)CC1. The van der Waals surface area contributed by atoms with Crippen molar-refractivity contribution in [2.45, 2.75) is 37.6 Å². The van der Waals surface area contributed by atoms with Crippen molar-refractivity contribution >= 4 is 29.2 Å². The predicted octanol–water partition coefficient (Wildman–Crippen LogP) is 3.34. The lowest BCUT2D eigenvalue weighted by Crippen LogP contribution is -2.54. The highest BCUT2D eigenvalue weighted by Gasteiger charge is 2.57. The summed E-state index contributed by atoms with van der Waals surface area (Å²) in [5.74, 6) is -0.222. The van der Waals surface area contributed by atoms with Crippen LogP contribution in [0.25, 0.3) is 0 Å². The zero-order valence-electron chi connectivity index (χ0n) is 18.0. The molecule has 0 radical (unpaired) electrons. The summed E-state index contributed by atoms with van der Waals surface area (Å²) in [5, 5.41) is 5.04. The molecular formula is C24H28N4O3S. The summed E-state index contributed by atoms with van der Waals surface area (Å²) in [6, 6.07) is 7.26. The van der Waals surface area contributed by atoms with Crippen LogP contribution in [-0.2, 0) is 21.5 Å². The van der Waals surface area contributed by atoms with E-state index in [-0.39, 0.29) is 23.8 Å². The number of pyridine rings is 1. The smallest absolute Gasteiger partial charge is 0.325 e. The van der Waals surface area contributed by atoms with Crippen molar-refractivity contribution in [2.75, 3.05) is 19.6 Å². The van der Waals surface area contributed by atoms with Crippen LogP contribution in [0.2, 0.25) is 0 Å². The van der Waals surface area contributed by atoms with E-state index in [4.69, 9.17) is 0 Å². The first-order chi connectivity index (χ1) is 15.6. The Morgan fingerprint density at radius 1 is 1.28 bits per heavy atom. The summed E-state index contributed by atoms with van der Waals surface area (Å²) in [6.45, 7) is 5.16. The van der Waals surface area contributed by atoms with E-state index in [1.807, 2.05) is 28.5 Å². The predicted molar refractivity (Wildman–Crippen MR) is 123 cm³/mol. The first-order valence-electron chi connectivity index (χ1n) is 11.0. The number of nitrogens with one attached hydrogen (secondary N) is 1. The van der Waals surface area contributed by atoms with Gasteiger partial charge < -0.3 is 10.2 Å². The van der Waals surface area contributed by atoms with E-state index in [9.17, 15) is 14.4 Å². The number of likely N-dealkylation sites (tertiary alicyclic amines) is 1. The molecule has 4 amide bonds. The van der Waals surface area contributed by atoms with Crippen molar-refractivity contribution in [1.82, 2.24) is 20.1 Å². The number of thiophene rings is 1. The van der Waals surface area contributed by atoms with Crippen molar-refractivity contribution in [2.24, 2.45) is 5.92 Å². The first kappa shape index (κ1) is 22.2. The molecule has 4 heterocycles. The highest BCUT2D eigenvalue weighted by atomic mass is 32.1. The number of carbonyl (C=O) groups is 3. The minimum absolute atomic E-state index is 0.109. The number of nitrogens with zero attached hydrogens (tertiary/aromatic N) is 3. The molecule has 8 heteroatoms. The number of amides is 4. The lowest BCUT2D eigenvalue weighted by molar-refractivity contribution is -0.136. The Labute approximate surface area is 192 Å². The average Bonchev–Trinajstić information content (AvgIpc) is 3.43. The molecule has 0 saturated carbocycles. The van der Waals surface area contributed by atoms with Gasteiger partial charge in [0.05, 0.1) is 0 Å². The van der Waals surface area contributed by atoms with Crippen LogP contribution in [0.15, 0.2) is 54.7 Å². The maximum atomic E-state index is 13.8. The van der Waals surface area contributed by atoms with Crippen LogP contribution in [0, 0.1) is 5.92 Å². The number of urea groups is 1. The van der Waals surface area contributed by atoms with Crippen molar-refractivity contribution < 1.29 is 14.4 Å². The Bertz CT molecular complexity index is 970. The van der Waals surface area contributed by atoms with Crippen molar-refractivity contribution in [3.8, 4) is 0 Å². The zero-order valence-corrected chi connectivity index (χ0v) is 18.9. The molecule has 0 aromatic carbocycles. The van der Waals surface area contributed by atoms with E-state index in [1.165, 1.54) is 4.90 Å². The molecule has 7 nitrogen and oxygen atoms in total. The summed E-state index contributed by atoms with van der Waals surface area (Å²) in [4.78, 5) is 47.7. The van der Waals surface area contributed by atoms with E-state index in [2.05, 4.69) is 16.9 Å². The Balaban J connectivity index is 1.55. The first-order valence-corrected chi connectivity index (χ1v) is 11.9. The topological polar surface area (TPSA) is 82.6 Å². The molecule has 2 aromatic heterocycles. The van der Waals surface area contributed by atoms with Crippen LogP contribution in [0.1, 0.15) is 36.1 Å². The van der Waals surface area contributed by atoms with Gasteiger partial charge in [-0.3, -0.25) is 19.5 Å². The quantitative estimate of drug-likeness (QED) is 0.492. The number of aromatic nitrogens is 1.